The zero-order valence-electron chi connectivity index (χ0n) is 33.8. The molecule has 5 aromatic rings. The highest BCUT2D eigenvalue weighted by Gasteiger charge is 2.24. The van der Waals surface area contributed by atoms with E-state index in [0.29, 0.717) is 22.4 Å². The average Bonchev–Trinajstić information content (AvgIpc) is 3.18. The Morgan fingerprint density at radius 3 is 0.980 bits per heavy atom. The molecule has 272 valence electrons. The molecule has 0 unspecified atom stereocenters. The zero-order valence-corrected chi connectivity index (χ0v) is 33.8. The normalized spacial score (nSPS) is 10.3. The van der Waals surface area contributed by atoms with E-state index in [0.717, 1.165) is 11.1 Å². The van der Waals surface area contributed by atoms with Crippen LogP contribution in [0.4, 0.5) is 0 Å². The van der Waals surface area contributed by atoms with Gasteiger partial charge in [0.25, 0.3) is 0 Å². The fourth-order valence-electron chi connectivity index (χ4n) is 5.34. The molecule has 0 aliphatic rings. The summed E-state index contributed by atoms with van der Waals surface area (Å²) in [6.45, 7) is 28.9. The molecular weight excluding hydrogens is 625 g/mol. The van der Waals surface area contributed by atoms with E-state index >= 15 is 0 Å². The third kappa shape index (κ3) is 11.6. The van der Waals surface area contributed by atoms with Crippen molar-refractivity contribution in [2.75, 3.05) is 0 Å². The summed E-state index contributed by atoms with van der Waals surface area (Å²) in [6.07, 6.45) is 0. The van der Waals surface area contributed by atoms with Crippen molar-refractivity contribution in [2.45, 2.75) is 108 Å². The molecule has 0 fully saturated rings. The highest BCUT2D eigenvalue weighted by atomic mass is 16.5. The van der Waals surface area contributed by atoms with Gasteiger partial charge in [-0.1, -0.05) is 191 Å². The van der Waals surface area contributed by atoms with Gasteiger partial charge in [0, 0.05) is 22.0 Å². The Morgan fingerprint density at radius 1 is 0.392 bits per heavy atom. The van der Waals surface area contributed by atoms with Crippen LogP contribution in [0.2, 0.25) is 0 Å². The quantitative estimate of drug-likeness (QED) is 0.0927. The van der Waals surface area contributed by atoms with Crippen LogP contribution >= 0.6 is 0 Å². The van der Waals surface area contributed by atoms with Crippen molar-refractivity contribution in [3.8, 4) is 5.75 Å². The maximum atomic E-state index is 13.2. The van der Waals surface area contributed by atoms with Crippen molar-refractivity contribution >= 4 is 11.8 Å². The van der Waals surface area contributed by atoms with Crippen LogP contribution < -0.4 is 4.74 Å². The highest BCUT2D eigenvalue weighted by molar-refractivity contribution is 6.09. The number of ketones is 1. The Labute approximate surface area is 310 Å². The van der Waals surface area contributed by atoms with Crippen molar-refractivity contribution in [3.05, 3.63) is 171 Å². The summed E-state index contributed by atoms with van der Waals surface area (Å²) >= 11 is 0. The Bertz CT molecular complexity index is 1720. The molecule has 0 bridgehead atoms. The molecule has 3 heteroatoms. The number of carbonyl (C=O) groups is 2. The number of aryl methyl sites for hydroxylation is 2. The van der Waals surface area contributed by atoms with Crippen LogP contribution in [0.3, 0.4) is 0 Å². The van der Waals surface area contributed by atoms with E-state index in [9.17, 15) is 9.59 Å². The van der Waals surface area contributed by atoms with Crippen LogP contribution in [-0.4, -0.2) is 11.8 Å². The molecule has 0 saturated carbocycles. The topological polar surface area (TPSA) is 43.4 Å². The van der Waals surface area contributed by atoms with Gasteiger partial charge in [0.1, 0.15) is 5.75 Å². The summed E-state index contributed by atoms with van der Waals surface area (Å²) < 4.78 is 5.64. The van der Waals surface area contributed by atoms with Gasteiger partial charge in [-0.15, -0.1) is 0 Å². The fraction of sp³-hybridized carbons (Fsp3) is 0.333. The van der Waals surface area contributed by atoms with Crippen LogP contribution in [0.1, 0.15) is 143 Å². The molecule has 3 nitrogen and oxygen atoms in total. The maximum absolute atomic E-state index is 13.2. The van der Waals surface area contributed by atoms with E-state index in [1.807, 2.05) is 104 Å². The molecule has 0 aromatic heterocycles. The SMILES string of the molecule is CC.CC.CC.CC.Cc1ccc(C(C)(C)c2ccc(OC(=O)c3ccc(C(=O)c4ccc(C(C)(C)c5ccc(C)cc5)cc4)cc3)cc2)cc1. The Morgan fingerprint density at radius 2 is 0.647 bits per heavy atom. The Kier molecular flexibility index (Phi) is 18.6. The van der Waals surface area contributed by atoms with E-state index in [-0.39, 0.29) is 16.6 Å². The minimum atomic E-state index is -0.466. The third-order valence-electron chi connectivity index (χ3n) is 8.58. The summed E-state index contributed by atoms with van der Waals surface area (Å²) in [6, 6.07) is 39.2. The lowest BCUT2D eigenvalue weighted by Crippen LogP contribution is -2.19. The lowest BCUT2D eigenvalue weighted by Gasteiger charge is -2.26. The van der Waals surface area contributed by atoms with Gasteiger partial charge in [0.05, 0.1) is 5.56 Å². The zero-order chi connectivity index (χ0) is 38.8. The summed E-state index contributed by atoms with van der Waals surface area (Å²) in [5.74, 6) is -0.0825. The van der Waals surface area contributed by atoms with Crippen LogP contribution in [0.25, 0.3) is 0 Å². The number of hydrogen-bond acceptors (Lipinski definition) is 3. The van der Waals surface area contributed by atoms with Crippen molar-refractivity contribution in [3.63, 3.8) is 0 Å². The summed E-state index contributed by atoms with van der Waals surface area (Å²) in [5, 5.41) is 0. The molecular formula is C48H62O3. The standard InChI is InChI=1S/C40H38O3.4C2H6/c1-27-7-17-32(18-8-27)39(3,4)34-21-15-30(16-22-34)37(41)29-11-13-31(14-12-29)38(42)43-36-25-23-35(24-26-36)40(5,6)33-19-9-28(2)10-20-33;4*1-2/h7-26H,1-6H3;4*1-2H3. The summed E-state index contributed by atoms with van der Waals surface area (Å²) in [5.41, 5.74) is 8.31. The molecule has 0 heterocycles. The van der Waals surface area contributed by atoms with Gasteiger partial charge < -0.3 is 4.74 Å². The van der Waals surface area contributed by atoms with Gasteiger partial charge >= 0.3 is 5.97 Å². The molecule has 0 saturated heterocycles. The number of hydrogen-bond donors (Lipinski definition) is 0. The van der Waals surface area contributed by atoms with Crippen molar-refractivity contribution < 1.29 is 14.3 Å². The molecule has 0 spiro atoms. The van der Waals surface area contributed by atoms with Crippen LogP contribution in [0.15, 0.2) is 121 Å². The molecule has 0 atom stereocenters. The van der Waals surface area contributed by atoms with Gasteiger partial charge in [-0.2, -0.15) is 0 Å². The molecule has 0 N–H and O–H groups in total. The Balaban J connectivity index is 0.00000152. The molecule has 0 aliphatic heterocycles. The molecule has 5 aromatic carbocycles. The number of esters is 1. The fourth-order valence-corrected chi connectivity index (χ4v) is 5.34. The van der Waals surface area contributed by atoms with Crippen molar-refractivity contribution in [2.24, 2.45) is 0 Å². The molecule has 0 radical (unpaired) electrons. The Hall–Kier alpha value is -4.76. The first-order chi connectivity index (χ1) is 24.4. The van der Waals surface area contributed by atoms with Gasteiger partial charge in [-0.3, -0.25) is 4.79 Å². The lowest BCUT2D eigenvalue weighted by atomic mass is 9.77. The average molecular weight is 687 g/mol. The van der Waals surface area contributed by atoms with E-state index in [4.69, 9.17) is 4.74 Å². The first kappa shape index (κ1) is 44.3. The lowest BCUT2D eigenvalue weighted by molar-refractivity contribution is 0.0734. The predicted molar refractivity (Wildman–Crippen MR) is 220 cm³/mol. The maximum Gasteiger partial charge on any atom is 0.343 e. The minimum absolute atomic E-state index is 0.0913. The summed E-state index contributed by atoms with van der Waals surface area (Å²) in [7, 11) is 0. The summed E-state index contributed by atoms with van der Waals surface area (Å²) in [4.78, 5) is 26.1. The highest BCUT2D eigenvalue weighted by Crippen LogP contribution is 2.33. The number of ether oxygens (including phenoxy) is 1. The minimum Gasteiger partial charge on any atom is -0.423 e. The first-order valence-electron chi connectivity index (χ1n) is 18.7. The van der Waals surface area contributed by atoms with E-state index in [2.05, 4.69) is 90.1 Å². The largest absolute Gasteiger partial charge is 0.423 e. The van der Waals surface area contributed by atoms with E-state index < -0.39 is 5.97 Å². The molecule has 0 aliphatic carbocycles. The molecule has 51 heavy (non-hydrogen) atoms. The second-order valence-electron chi connectivity index (χ2n) is 12.4. The number of benzene rings is 5. The van der Waals surface area contributed by atoms with Crippen molar-refractivity contribution in [1.82, 2.24) is 0 Å². The third-order valence-corrected chi connectivity index (χ3v) is 8.58. The first-order valence-corrected chi connectivity index (χ1v) is 18.7. The van der Waals surface area contributed by atoms with Crippen molar-refractivity contribution in [1.29, 1.82) is 0 Å². The molecule has 5 rings (SSSR count). The second kappa shape index (κ2) is 21.5. The van der Waals surface area contributed by atoms with Gasteiger partial charge in [-0.05, 0) is 60.4 Å². The second-order valence-corrected chi connectivity index (χ2v) is 12.4. The van der Waals surface area contributed by atoms with Crippen LogP contribution in [0.5, 0.6) is 5.75 Å². The van der Waals surface area contributed by atoms with Gasteiger partial charge in [0.15, 0.2) is 5.78 Å². The van der Waals surface area contributed by atoms with Gasteiger partial charge in [-0.25, -0.2) is 4.79 Å². The van der Waals surface area contributed by atoms with Crippen LogP contribution in [-0.2, 0) is 10.8 Å². The van der Waals surface area contributed by atoms with Crippen LogP contribution in [0, 0.1) is 13.8 Å². The van der Waals surface area contributed by atoms with Gasteiger partial charge in [0.2, 0.25) is 0 Å². The number of rotatable bonds is 8. The van der Waals surface area contributed by atoms with E-state index in [1.165, 1.54) is 22.3 Å². The molecule has 0 amide bonds. The van der Waals surface area contributed by atoms with E-state index in [1.54, 1.807) is 24.3 Å². The smallest absolute Gasteiger partial charge is 0.343 e. The monoisotopic (exact) mass is 686 g/mol. The predicted octanol–water partition coefficient (Wildman–Crippen LogP) is 13.5. The number of carbonyl (C=O) groups excluding carboxylic acids is 2.